The molecule has 162 valence electrons. The van der Waals surface area contributed by atoms with E-state index in [1.807, 2.05) is 0 Å². The van der Waals surface area contributed by atoms with Gasteiger partial charge in [0.2, 0.25) is 0 Å². The number of aliphatic hydroxyl groups is 1. The van der Waals surface area contributed by atoms with Gasteiger partial charge in [0.05, 0.1) is 18.2 Å². The predicted octanol–water partition coefficient (Wildman–Crippen LogP) is 1.53. The van der Waals surface area contributed by atoms with Crippen LogP contribution in [0.25, 0.3) is 11.4 Å². The minimum absolute atomic E-state index is 0.0569. The molecular formula is C19H24F2N6O3. The highest BCUT2D eigenvalue weighted by Gasteiger charge is 2.43. The quantitative estimate of drug-likeness (QED) is 0.631. The Morgan fingerprint density at radius 2 is 2.17 bits per heavy atom. The van der Waals surface area contributed by atoms with E-state index in [1.54, 1.807) is 35.9 Å². The Morgan fingerprint density at radius 1 is 1.40 bits per heavy atom. The number of carbonyl (C=O) groups is 1. The summed E-state index contributed by atoms with van der Waals surface area (Å²) in [5, 5.41) is 12.6. The predicted molar refractivity (Wildman–Crippen MR) is 107 cm³/mol. The lowest BCUT2D eigenvalue weighted by molar-refractivity contribution is 0.117. The van der Waals surface area contributed by atoms with Gasteiger partial charge in [-0.15, -0.1) is 0 Å². The van der Waals surface area contributed by atoms with E-state index < -0.39 is 24.7 Å². The number of fused-ring (bicyclic) bond motifs is 3. The molecule has 0 spiro atoms. The number of urea groups is 1. The number of nitrogens with two attached hydrogens (primary N) is 1. The Bertz CT molecular complexity index is 950. The number of carbonyl (C=O) groups excluding carboxylic acids is 1. The molecule has 9 nitrogen and oxygen atoms in total. The molecule has 2 aliphatic rings. The number of likely N-dealkylation sites (N-methyl/N-ethyl adjacent to an activating group) is 1. The summed E-state index contributed by atoms with van der Waals surface area (Å²) in [5.74, 6) is 1.29. The van der Waals surface area contributed by atoms with Crippen molar-refractivity contribution in [3.8, 4) is 17.1 Å². The zero-order chi connectivity index (χ0) is 21.6. The average Bonchev–Trinajstić information content (AvgIpc) is 3.18. The van der Waals surface area contributed by atoms with Crippen LogP contribution in [0.15, 0.2) is 24.4 Å². The molecule has 1 aromatic heterocycles. The molecule has 1 aromatic carbocycles. The maximum absolute atomic E-state index is 13.5. The van der Waals surface area contributed by atoms with E-state index in [2.05, 4.69) is 10.3 Å². The number of amides is 2. The molecule has 0 bridgehead atoms. The molecule has 1 saturated heterocycles. The van der Waals surface area contributed by atoms with Crippen LogP contribution >= 0.6 is 0 Å². The fourth-order valence-corrected chi connectivity index (χ4v) is 3.65. The zero-order valence-electron chi connectivity index (χ0n) is 16.6. The number of alkyl halides is 2. The molecule has 30 heavy (non-hydrogen) atoms. The number of benzene rings is 1. The summed E-state index contributed by atoms with van der Waals surface area (Å²) in [5.41, 5.74) is 6.87. The lowest BCUT2D eigenvalue weighted by Crippen LogP contribution is -2.39. The molecule has 3 atom stereocenters. The van der Waals surface area contributed by atoms with Crippen LogP contribution < -0.4 is 20.7 Å². The van der Waals surface area contributed by atoms with Gasteiger partial charge in [-0.05, 0) is 19.1 Å². The summed E-state index contributed by atoms with van der Waals surface area (Å²) < 4.78 is 34.6. The van der Waals surface area contributed by atoms with Crippen molar-refractivity contribution in [2.24, 2.45) is 5.73 Å². The molecular weight excluding hydrogens is 398 g/mol. The van der Waals surface area contributed by atoms with Crippen molar-refractivity contribution < 1.29 is 23.4 Å². The molecule has 4 N–H and O–H groups in total. The topological polar surface area (TPSA) is 109 Å². The van der Waals surface area contributed by atoms with E-state index in [4.69, 9.17) is 10.5 Å². The number of aliphatic hydroxyl groups excluding tert-OH is 1. The molecule has 0 aliphatic carbocycles. The van der Waals surface area contributed by atoms with Crippen LogP contribution in [0.3, 0.4) is 0 Å². The van der Waals surface area contributed by atoms with Crippen molar-refractivity contribution in [2.75, 3.05) is 30.4 Å². The second-order valence-corrected chi connectivity index (χ2v) is 7.53. The number of halogens is 2. The van der Waals surface area contributed by atoms with E-state index in [0.717, 1.165) is 4.90 Å². The Kier molecular flexibility index (Phi) is 5.24. The fourth-order valence-electron chi connectivity index (χ4n) is 3.65. The van der Waals surface area contributed by atoms with Gasteiger partial charge in [0.1, 0.15) is 30.5 Å². The van der Waals surface area contributed by atoms with Crippen LogP contribution in [0.2, 0.25) is 0 Å². The molecule has 2 aliphatic heterocycles. The third kappa shape index (κ3) is 3.54. The first-order valence-corrected chi connectivity index (χ1v) is 9.63. The number of anilines is 2. The van der Waals surface area contributed by atoms with Gasteiger partial charge in [0, 0.05) is 31.5 Å². The van der Waals surface area contributed by atoms with Crippen LogP contribution in [0.5, 0.6) is 5.75 Å². The van der Waals surface area contributed by atoms with Crippen LogP contribution in [0, 0.1) is 0 Å². The second kappa shape index (κ2) is 7.73. The zero-order valence-corrected chi connectivity index (χ0v) is 16.6. The number of hydrogen-bond acceptors (Lipinski definition) is 6. The maximum Gasteiger partial charge on any atom is 0.326 e. The molecule has 11 heteroatoms. The minimum Gasteiger partial charge on any atom is -0.491 e. The lowest BCUT2D eigenvalue weighted by Gasteiger charge is -2.20. The van der Waals surface area contributed by atoms with E-state index in [1.165, 1.54) is 11.9 Å². The minimum atomic E-state index is -2.68. The van der Waals surface area contributed by atoms with E-state index in [-0.39, 0.29) is 18.4 Å². The monoisotopic (exact) mass is 422 g/mol. The van der Waals surface area contributed by atoms with Gasteiger partial charge in [-0.2, -0.15) is 0 Å². The third-order valence-corrected chi connectivity index (χ3v) is 5.35. The molecule has 0 saturated carbocycles. The number of imidazole rings is 1. The van der Waals surface area contributed by atoms with E-state index in [9.17, 15) is 18.7 Å². The first kappa shape index (κ1) is 20.4. The van der Waals surface area contributed by atoms with Crippen LogP contribution in [-0.4, -0.2) is 70.5 Å². The number of rotatable bonds is 5. The van der Waals surface area contributed by atoms with Crippen LogP contribution in [0.1, 0.15) is 6.92 Å². The number of nitrogens with one attached hydrogen (secondary N) is 1. The number of hydrogen-bond donors (Lipinski definition) is 3. The van der Waals surface area contributed by atoms with Gasteiger partial charge in [0.25, 0.3) is 6.43 Å². The molecule has 4 rings (SSSR count). The molecule has 3 heterocycles. The largest absolute Gasteiger partial charge is 0.491 e. The molecule has 2 aromatic rings. The van der Waals surface area contributed by atoms with Crippen molar-refractivity contribution in [1.82, 2.24) is 14.5 Å². The van der Waals surface area contributed by atoms with E-state index in [0.29, 0.717) is 36.0 Å². The van der Waals surface area contributed by atoms with Gasteiger partial charge in [-0.25, -0.2) is 18.6 Å². The number of aromatic nitrogens is 2. The maximum atomic E-state index is 13.5. The third-order valence-electron chi connectivity index (χ3n) is 5.35. The first-order valence-electron chi connectivity index (χ1n) is 9.63. The van der Waals surface area contributed by atoms with Crippen molar-refractivity contribution in [3.05, 3.63) is 24.4 Å². The van der Waals surface area contributed by atoms with Gasteiger partial charge < -0.3 is 30.4 Å². The highest BCUT2D eigenvalue weighted by Crippen LogP contribution is 2.37. The molecule has 2 amide bonds. The standard InChI is InChI=1S/C19H24F2N6O3/c1-10(17(22)28)23-11-3-4-12-14(7-11)30-6-5-26-9-15(24-18(12)26)27-13(16(20)21)8-25(2)19(27)29/h3-4,7,9-10,13,16-17,23,28H,5-6,8,22H2,1-2H3/t10-,13-,17?/m0/s1. The Morgan fingerprint density at radius 3 is 2.87 bits per heavy atom. The van der Waals surface area contributed by atoms with Crippen molar-refractivity contribution in [1.29, 1.82) is 0 Å². The van der Waals surface area contributed by atoms with E-state index >= 15 is 0 Å². The van der Waals surface area contributed by atoms with Gasteiger partial charge in [0.15, 0.2) is 5.82 Å². The van der Waals surface area contributed by atoms with Crippen molar-refractivity contribution in [2.45, 2.75) is 38.2 Å². The fraction of sp³-hybridized carbons (Fsp3) is 0.474. The van der Waals surface area contributed by atoms with Crippen LogP contribution in [0.4, 0.5) is 25.1 Å². The Balaban J connectivity index is 1.69. The second-order valence-electron chi connectivity index (χ2n) is 7.53. The Hall–Kier alpha value is -2.92. The summed E-state index contributed by atoms with van der Waals surface area (Å²) >= 11 is 0. The van der Waals surface area contributed by atoms with Gasteiger partial charge >= 0.3 is 6.03 Å². The van der Waals surface area contributed by atoms with Crippen LogP contribution in [-0.2, 0) is 6.54 Å². The normalized spacial score (nSPS) is 20.5. The smallest absolute Gasteiger partial charge is 0.326 e. The average molecular weight is 422 g/mol. The summed E-state index contributed by atoms with van der Waals surface area (Å²) in [7, 11) is 1.50. The molecule has 1 unspecified atom stereocenters. The summed E-state index contributed by atoms with van der Waals surface area (Å²) in [4.78, 5) is 19.3. The highest BCUT2D eigenvalue weighted by molar-refractivity contribution is 5.94. The number of ether oxygens (including phenoxy) is 1. The molecule has 1 fully saturated rings. The summed E-state index contributed by atoms with van der Waals surface area (Å²) in [6.45, 7) is 2.49. The highest BCUT2D eigenvalue weighted by atomic mass is 19.3. The van der Waals surface area contributed by atoms with Crippen molar-refractivity contribution in [3.63, 3.8) is 0 Å². The Labute approximate surface area is 172 Å². The lowest BCUT2D eigenvalue weighted by atomic mass is 10.1. The number of nitrogens with zero attached hydrogens (tertiary/aromatic N) is 4. The van der Waals surface area contributed by atoms with Crippen molar-refractivity contribution >= 4 is 17.5 Å². The van der Waals surface area contributed by atoms with Gasteiger partial charge in [-0.3, -0.25) is 4.90 Å². The SMILES string of the molecule is C[C@H](Nc1ccc2c(c1)OCCn1cc(N3C(=O)N(C)C[C@H]3C(F)F)nc1-2)C(N)O. The van der Waals surface area contributed by atoms with Gasteiger partial charge in [-0.1, -0.05) is 0 Å². The molecule has 0 radical (unpaired) electrons. The first-order chi connectivity index (χ1) is 14.3. The summed E-state index contributed by atoms with van der Waals surface area (Å²) in [6.07, 6.45) is -2.09. The summed E-state index contributed by atoms with van der Waals surface area (Å²) in [6, 6.07) is 3.25.